The minimum absolute atomic E-state index is 0.0200. The Morgan fingerprint density at radius 1 is 0.940 bits per heavy atom. The zero-order valence-corrected chi connectivity index (χ0v) is 28.1. The van der Waals surface area contributed by atoms with E-state index in [0.29, 0.717) is 46.7 Å². The molecule has 4 N–H and O–H groups in total. The lowest BCUT2D eigenvalue weighted by molar-refractivity contribution is -0.135. The highest BCUT2D eigenvalue weighted by molar-refractivity contribution is 5.88. The number of carbonyl (C=O) groups excluding carboxylic acids is 2. The van der Waals surface area contributed by atoms with Gasteiger partial charge in [0.15, 0.2) is 0 Å². The summed E-state index contributed by atoms with van der Waals surface area (Å²) in [4.78, 5) is 43.3. The number of aromatic amines is 2. The van der Waals surface area contributed by atoms with Gasteiger partial charge in [-0.2, -0.15) is 8.78 Å². The molecule has 2 saturated heterocycles. The molecule has 0 spiro atoms. The van der Waals surface area contributed by atoms with E-state index >= 15 is 8.78 Å². The molecule has 3 aliphatic rings. The first-order chi connectivity index (χ1) is 24.1. The summed E-state index contributed by atoms with van der Waals surface area (Å²) in [6.07, 6.45) is 4.57. The number of hydrogen-bond acceptors (Lipinski definition) is 6. The van der Waals surface area contributed by atoms with Gasteiger partial charge in [-0.1, -0.05) is 44.2 Å². The van der Waals surface area contributed by atoms with Crippen molar-refractivity contribution in [3.8, 4) is 33.5 Å². The molecule has 2 aromatic heterocycles. The van der Waals surface area contributed by atoms with Gasteiger partial charge in [-0.15, -0.1) is 0 Å². The van der Waals surface area contributed by atoms with Crippen LogP contribution in [0.4, 0.5) is 13.6 Å². The quantitative estimate of drug-likeness (QED) is 0.144. The van der Waals surface area contributed by atoms with Crippen molar-refractivity contribution in [2.24, 2.45) is 5.92 Å². The van der Waals surface area contributed by atoms with E-state index in [2.05, 4.69) is 25.6 Å². The molecule has 2 fully saturated rings. The lowest BCUT2D eigenvalue weighted by Crippen LogP contribution is -2.51. The number of carbonyl (C=O) groups is 2. The van der Waals surface area contributed by atoms with E-state index in [-0.39, 0.29) is 35.0 Å². The summed E-state index contributed by atoms with van der Waals surface area (Å²) in [5.74, 6) is -2.09. The van der Waals surface area contributed by atoms with Gasteiger partial charge in [0, 0.05) is 23.2 Å². The maximum absolute atomic E-state index is 16.3. The standard InChI is InChI=1S/C38H39F2N7O3/c1-20(2)33(46-37(49)50-3)36(48)47-15-5-7-32(47)35-42-19-31(45-35)23-9-12-25-24-11-8-21(16-26(24)38(39,40)27(25)17-23)22-10-13-28-30(18-22)44-34(43-28)29-6-4-14-41-29/h8-13,16-20,29,32-33,41H,4-7,14-15H2,1-3H3,(H,42,45)(H,43,44)(H,46,49)/t29-,32-,33-/m0/s1. The van der Waals surface area contributed by atoms with Crippen molar-refractivity contribution in [2.75, 3.05) is 20.2 Å². The van der Waals surface area contributed by atoms with Crippen LogP contribution >= 0.6 is 0 Å². The Kier molecular flexibility index (Phi) is 7.93. The number of likely N-dealkylation sites (tertiary alicyclic amines) is 1. The van der Waals surface area contributed by atoms with E-state index in [1.165, 1.54) is 13.2 Å². The molecular weight excluding hydrogens is 640 g/mol. The zero-order valence-electron chi connectivity index (χ0n) is 28.1. The van der Waals surface area contributed by atoms with Crippen molar-refractivity contribution in [2.45, 2.75) is 63.6 Å². The number of nitrogens with zero attached hydrogens (tertiary/aromatic N) is 3. The van der Waals surface area contributed by atoms with E-state index < -0.39 is 18.1 Å². The normalized spacial score (nSPS) is 19.9. The highest BCUT2D eigenvalue weighted by Crippen LogP contribution is 2.52. The van der Waals surface area contributed by atoms with Crippen molar-refractivity contribution < 1.29 is 23.1 Å². The molecule has 3 atom stereocenters. The summed E-state index contributed by atoms with van der Waals surface area (Å²) in [5, 5.41) is 6.12. The smallest absolute Gasteiger partial charge is 0.407 e. The number of fused-ring (bicyclic) bond motifs is 4. The number of methoxy groups -OCH3 is 1. The average Bonchev–Trinajstić information content (AvgIpc) is 3.96. The van der Waals surface area contributed by atoms with Crippen molar-refractivity contribution in [3.05, 3.63) is 83.6 Å². The molecule has 2 amide bonds. The third-order valence-corrected chi connectivity index (χ3v) is 10.4. The van der Waals surface area contributed by atoms with Gasteiger partial charge in [0.1, 0.15) is 17.7 Å². The highest BCUT2D eigenvalue weighted by atomic mass is 19.3. The van der Waals surface area contributed by atoms with Crippen molar-refractivity contribution in [1.29, 1.82) is 0 Å². The van der Waals surface area contributed by atoms with Crippen LogP contribution in [0.3, 0.4) is 0 Å². The number of nitrogens with one attached hydrogen (secondary N) is 4. The second kappa shape index (κ2) is 12.3. The molecule has 2 aliphatic heterocycles. The van der Waals surface area contributed by atoms with E-state index in [9.17, 15) is 9.59 Å². The number of benzene rings is 3. The summed E-state index contributed by atoms with van der Waals surface area (Å²) in [7, 11) is 1.26. The molecule has 5 aromatic rings. The molecular formula is C38H39F2N7O3. The van der Waals surface area contributed by atoms with Crippen LogP contribution in [0.5, 0.6) is 0 Å². The van der Waals surface area contributed by atoms with Crippen LogP contribution in [0.1, 0.15) is 74.4 Å². The van der Waals surface area contributed by atoms with Crippen LogP contribution in [0.25, 0.3) is 44.5 Å². The molecule has 8 rings (SSSR count). The number of amides is 2. The third-order valence-electron chi connectivity index (χ3n) is 10.4. The second-order valence-electron chi connectivity index (χ2n) is 13.8. The maximum atomic E-state index is 16.3. The number of aromatic nitrogens is 4. The molecule has 3 aromatic carbocycles. The number of H-pyrrole nitrogens is 2. The van der Waals surface area contributed by atoms with Crippen molar-refractivity contribution >= 4 is 23.0 Å². The summed E-state index contributed by atoms with van der Waals surface area (Å²) in [6.45, 7) is 5.22. The Morgan fingerprint density at radius 3 is 2.38 bits per heavy atom. The fourth-order valence-corrected chi connectivity index (χ4v) is 7.71. The Balaban J connectivity index is 1.05. The Bertz CT molecular complexity index is 2120. The number of imidazole rings is 2. The largest absolute Gasteiger partial charge is 0.453 e. The van der Waals surface area contributed by atoms with Gasteiger partial charge < -0.3 is 30.2 Å². The topological polar surface area (TPSA) is 128 Å². The molecule has 1 aliphatic carbocycles. The highest BCUT2D eigenvalue weighted by Gasteiger charge is 2.45. The Labute approximate surface area is 288 Å². The molecule has 0 saturated carbocycles. The summed E-state index contributed by atoms with van der Waals surface area (Å²) in [6, 6.07) is 15.4. The van der Waals surface area contributed by atoms with Gasteiger partial charge in [0.05, 0.1) is 42.1 Å². The minimum Gasteiger partial charge on any atom is -0.453 e. The van der Waals surface area contributed by atoms with Gasteiger partial charge in [-0.25, -0.2) is 14.8 Å². The van der Waals surface area contributed by atoms with Gasteiger partial charge in [0.2, 0.25) is 5.91 Å². The predicted octanol–water partition coefficient (Wildman–Crippen LogP) is 7.21. The first-order valence-corrected chi connectivity index (χ1v) is 17.2. The van der Waals surface area contributed by atoms with Crippen molar-refractivity contribution in [1.82, 2.24) is 35.5 Å². The molecule has 0 bridgehead atoms. The second-order valence-corrected chi connectivity index (χ2v) is 13.8. The number of halogens is 2. The fourth-order valence-electron chi connectivity index (χ4n) is 7.71. The van der Waals surface area contributed by atoms with E-state index in [0.717, 1.165) is 48.2 Å². The first-order valence-electron chi connectivity index (χ1n) is 17.2. The fraction of sp³-hybridized carbons (Fsp3) is 0.368. The lowest BCUT2D eigenvalue weighted by Gasteiger charge is -2.30. The van der Waals surface area contributed by atoms with Crippen LogP contribution in [0, 0.1) is 5.92 Å². The Morgan fingerprint density at radius 2 is 1.66 bits per heavy atom. The van der Waals surface area contributed by atoms with Crippen LogP contribution in [0.2, 0.25) is 0 Å². The van der Waals surface area contributed by atoms with Crippen LogP contribution in [-0.4, -0.2) is 63.1 Å². The zero-order chi connectivity index (χ0) is 34.7. The van der Waals surface area contributed by atoms with Gasteiger partial charge in [-0.05, 0) is 84.7 Å². The number of rotatable bonds is 7. The van der Waals surface area contributed by atoms with Gasteiger partial charge in [0.25, 0.3) is 5.92 Å². The Hall–Kier alpha value is -5.10. The van der Waals surface area contributed by atoms with E-state index in [4.69, 9.17) is 9.72 Å². The average molecular weight is 680 g/mol. The number of alkyl carbamates (subject to hydrolysis) is 1. The third kappa shape index (κ3) is 5.42. The lowest BCUT2D eigenvalue weighted by atomic mass is 9.98. The summed E-state index contributed by atoms with van der Waals surface area (Å²) < 4.78 is 37.3. The maximum Gasteiger partial charge on any atom is 0.407 e. The minimum atomic E-state index is -3.20. The van der Waals surface area contributed by atoms with Crippen LogP contribution < -0.4 is 10.6 Å². The molecule has 0 radical (unpaired) electrons. The summed E-state index contributed by atoms with van der Waals surface area (Å²) in [5.41, 5.74) is 5.40. The monoisotopic (exact) mass is 679 g/mol. The molecule has 258 valence electrons. The summed E-state index contributed by atoms with van der Waals surface area (Å²) >= 11 is 0. The number of ether oxygens (including phenoxy) is 1. The van der Waals surface area contributed by atoms with Gasteiger partial charge in [-0.3, -0.25) is 4.79 Å². The molecule has 0 unspecified atom stereocenters. The van der Waals surface area contributed by atoms with Crippen molar-refractivity contribution in [3.63, 3.8) is 0 Å². The molecule has 10 nitrogen and oxygen atoms in total. The molecule has 4 heterocycles. The number of hydrogen-bond donors (Lipinski definition) is 4. The molecule has 50 heavy (non-hydrogen) atoms. The van der Waals surface area contributed by atoms with Gasteiger partial charge >= 0.3 is 6.09 Å². The predicted molar refractivity (Wildman–Crippen MR) is 185 cm³/mol. The number of alkyl halides is 2. The SMILES string of the molecule is COC(=O)N[C@H](C(=O)N1CCC[C@H]1c1ncc(-c2ccc3c(c2)C(F)(F)c2cc(-c4ccc5nc([C@@H]6CCCN6)[nH]c5c4)ccc2-3)[nH]1)C(C)C. The van der Waals surface area contributed by atoms with Crippen LogP contribution in [-0.2, 0) is 15.5 Å². The van der Waals surface area contributed by atoms with E-state index in [1.807, 2.05) is 44.2 Å². The first kappa shape index (κ1) is 32.1. The molecule has 12 heteroatoms. The van der Waals surface area contributed by atoms with E-state index in [1.54, 1.807) is 29.3 Å². The van der Waals surface area contributed by atoms with Crippen LogP contribution in [0.15, 0.2) is 60.8 Å².